The minimum Gasteiger partial charge on any atom is -0.427 e. The maximum Gasteiger partial charge on any atom is 0.456 e. The van der Waals surface area contributed by atoms with Crippen molar-refractivity contribution in [1.82, 2.24) is 0 Å². The normalized spacial score (nSPS) is 9.08. The van der Waals surface area contributed by atoms with Crippen molar-refractivity contribution in [2.75, 3.05) is 0 Å². The van der Waals surface area contributed by atoms with Gasteiger partial charge in [-0.05, 0) is 17.7 Å². The average Bonchev–Trinajstić information content (AvgIpc) is 2.05. The van der Waals surface area contributed by atoms with Gasteiger partial charge in [0, 0.05) is 6.32 Å². The van der Waals surface area contributed by atoms with Crippen LogP contribution in [-0.4, -0.2) is 17.2 Å². The van der Waals surface area contributed by atoms with Crippen LogP contribution in [0.15, 0.2) is 24.3 Å². The molecule has 0 amide bonds. The third-order valence-corrected chi connectivity index (χ3v) is 1.50. The van der Waals surface area contributed by atoms with Gasteiger partial charge in [-0.3, -0.25) is 0 Å². The Balaban J connectivity index is 2.73. The number of hydrogen-bond donors (Lipinski definition) is 2. The highest BCUT2D eigenvalue weighted by atomic mass is 16.4. The first-order chi connectivity index (χ1) is 5.72. The maximum atomic E-state index is 8.62. The van der Waals surface area contributed by atoms with E-state index in [9.17, 15) is 0 Å². The van der Waals surface area contributed by atoms with E-state index in [1.165, 1.54) is 0 Å². The lowest BCUT2D eigenvalue weighted by molar-refractivity contribution is 0.405. The molecule has 0 aliphatic rings. The molecule has 3 nitrogen and oxygen atoms in total. The molecule has 0 spiro atoms. The monoisotopic (exact) mass is 161 g/mol. The Kier molecular flexibility index (Phi) is 2.86. The molecule has 2 N–H and O–H groups in total. The molecule has 60 valence electrons. The summed E-state index contributed by atoms with van der Waals surface area (Å²) in [6.45, 7) is 0. The Morgan fingerprint density at radius 3 is 2.25 bits per heavy atom. The molecule has 0 radical (unpaired) electrons. The van der Waals surface area contributed by atoms with E-state index in [0.717, 1.165) is 5.56 Å². The molecule has 1 aromatic rings. The van der Waals surface area contributed by atoms with E-state index in [0.29, 0.717) is 5.56 Å². The molecular formula is C8H8BNO2. The van der Waals surface area contributed by atoms with Crippen molar-refractivity contribution in [3.63, 3.8) is 0 Å². The molecule has 1 aromatic carbocycles. The van der Waals surface area contributed by atoms with E-state index in [1.54, 1.807) is 24.3 Å². The zero-order valence-electron chi connectivity index (χ0n) is 6.44. The van der Waals surface area contributed by atoms with Crippen molar-refractivity contribution in [3.8, 4) is 6.07 Å². The highest BCUT2D eigenvalue weighted by Crippen LogP contribution is 2.03. The Hall–Kier alpha value is -1.31. The molecule has 0 aromatic heterocycles. The first-order valence-corrected chi connectivity index (χ1v) is 3.57. The fourth-order valence-electron chi connectivity index (χ4n) is 0.926. The lowest BCUT2D eigenvalue weighted by Crippen LogP contribution is -2.14. The van der Waals surface area contributed by atoms with Crippen LogP contribution < -0.4 is 0 Å². The van der Waals surface area contributed by atoms with Crippen LogP contribution in [0.3, 0.4) is 0 Å². The van der Waals surface area contributed by atoms with Crippen molar-refractivity contribution in [1.29, 1.82) is 5.26 Å². The smallest absolute Gasteiger partial charge is 0.427 e. The van der Waals surface area contributed by atoms with Gasteiger partial charge >= 0.3 is 7.12 Å². The van der Waals surface area contributed by atoms with Crippen LogP contribution in [0, 0.1) is 11.3 Å². The average molecular weight is 161 g/mol. The Morgan fingerprint density at radius 2 is 1.83 bits per heavy atom. The van der Waals surface area contributed by atoms with Crippen LogP contribution in [-0.2, 0) is 6.32 Å². The molecule has 0 aliphatic heterocycles. The van der Waals surface area contributed by atoms with Crippen molar-refractivity contribution in [2.45, 2.75) is 6.32 Å². The lowest BCUT2D eigenvalue weighted by Gasteiger charge is -1.98. The molecule has 0 saturated heterocycles. The summed E-state index contributed by atoms with van der Waals surface area (Å²) in [6.07, 6.45) is 0.200. The number of hydrogen-bond acceptors (Lipinski definition) is 3. The molecule has 0 unspecified atom stereocenters. The molecule has 12 heavy (non-hydrogen) atoms. The third-order valence-electron chi connectivity index (χ3n) is 1.50. The molecule has 4 heteroatoms. The van der Waals surface area contributed by atoms with Crippen LogP contribution in [0.1, 0.15) is 11.1 Å². The predicted octanol–water partition coefficient (Wildman–Crippen LogP) is 0.113. The molecular weight excluding hydrogens is 153 g/mol. The largest absolute Gasteiger partial charge is 0.456 e. The molecule has 0 heterocycles. The first-order valence-electron chi connectivity index (χ1n) is 3.57. The summed E-state index contributed by atoms with van der Waals surface area (Å²) in [5, 5.41) is 25.7. The second-order valence-corrected chi connectivity index (χ2v) is 2.49. The highest BCUT2D eigenvalue weighted by molar-refractivity contribution is 6.40. The lowest BCUT2D eigenvalue weighted by atomic mass is 9.82. The molecule has 0 atom stereocenters. The van der Waals surface area contributed by atoms with Crippen LogP contribution in [0.25, 0.3) is 0 Å². The van der Waals surface area contributed by atoms with Crippen LogP contribution >= 0.6 is 0 Å². The molecule has 0 fully saturated rings. The van der Waals surface area contributed by atoms with E-state index in [1.807, 2.05) is 6.07 Å². The van der Waals surface area contributed by atoms with Crippen molar-refractivity contribution >= 4 is 7.12 Å². The summed E-state index contributed by atoms with van der Waals surface area (Å²) < 4.78 is 0. The van der Waals surface area contributed by atoms with E-state index in [2.05, 4.69) is 0 Å². The number of nitriles is 1. The highest BCUT2D eigenvalue weighted by Gasteiger charge is 2.06. The summed E-state index contributed by atoms with van der Waals surface area (Å²) in [6, 6.07) is 8.70. The maximum absolute atomic E-state index is 8.62. The Labute approximate surface area is 71.0 Å². The molecule has 0 aliphatic carbocycles. The minimum absolute atomic E-state index is 0.200. The zero-order valence-corrected chi connectivity index (χ0v) is 6.44. The van der Waals surface area contributed by atoms with Crippen molar-refractivity contribution in [3.05, 3.63) is 35.4 Å². The summed E-state index contributed by atoms with van der Waals surface area (Å²) in [4.78, 5) is 0. The van der Waals surface area contributed by atoms with Gasteiger partial charge in [-0.1, -0.05) is 12.1 Å². The van der Waals surface area contributed by atoms with Crippen molar-refractivity contribution < 1.29 is 10.0 Å². The summed E-state index contributed by atoms with van der Waals surface area (Å²) in [5.74, 6) is 0. The summed E-state index contributed by atoms with van der Waals surface area (Å²) in [5.41, 5.74) is 1.38. The fraction of sp³-hybridized carbons (Fsp3) is 0.125. The number of nitrogens with zero attached hydrogens (tertiary/aromatic N) is 1. The second-order valence-electron chi connectivity index (χ2n) is 2.49. The van der Waals surface area contributed by atoms with E-state index < -0.39 is 7.12 Å². The van der Waals surface area contributed by atoms with Gasteiger partial charge in [-0.25, -0.2) is 0 Å². The Morgan fingerprint density at radius 1 is 1.25 bits per heavy atom. The molecule has 1 rings (SSSR count). The standard InChI is InChI=1S/C8H8BNO2/c10-6-8-3-1-7(2-4-8)5-9(11)12/h1-4,11-12H,5H2. The van der Waals surface area contributed by atoms with Gasteiger partial charge in [0.05, 0.1) is 11.6 Å². The SMILES string of the molecule is N#Cc1ccc(CB(O)O)cc1. The van der Waals surface area contributed by atoms with Crippen LogP contribution in [0.2, 0.25) is 0 Å². The Bertz CT molecular complexity index is 289. The van der Waals surface area contributed by atoms with Gasteiger partial charge in [0.25, 0.3) is 0 Å². The zero-order chi connectivity index (χ0) is 8.97. The van der Waals surface area contributed by atoms with Gasteiger partial charge < -0.3 is 10.0 Å². The van der Waals surface area contributed by atoms with E-state index in [-0.39, 0.29) is 6.32 Å². The van der Waals surface area contributed by atoms with E-state index in [4.69, 9.17) is 15.3 Å². The first kappa shape index (κ1) is 8.79. The predicted molar refractivity (Wildman–Crippen MR) is 45.1 cm³/mol. The fourth-order valence-corrected chi connectivity index (χ4v) is 0.926. The third kappa shape index (κ3) is 2.38. The second kappa shape index (κ2) is 3.91. The number of benzene rings is 1. The topological polar surface area (TPSA) is 64.2 Å². The summed E-state index contributed by atoms with van der Waals surface area (Å²) >= 11 is 0. The van der Waals surface area contributed by atoms with Gasteiger partial charge in [0.2, 0.25) is 0 Å². The van der Waals surface area contributed by atoms with Gasteiger partial charge in [0.15, 0.2) is 0 Å². The van der Waals surface area contributed by atoms with Crippen molar-refractivity contribution in [2.24, 2.45) is 0 Å². The number of rotatable bonds is 2. The quantitative estimate of drug-likeness (QED) is 0.605. The molecule has 0 bridgehead atoms. The van der Waals surface area contributed by atoms with Crippen LogP contribution in [0.4, 0.5) is 0 Å². The molecule has 0 saturated carbocycles. The van der Waals surface area contributed by atoms with Gasteiger partial charge in [-0.15, -0.1) is 0 Å². The van der Waals surface area contributed by atoms with Crippen LogP contribution in [0.5, 0.6) is 0 Å². The van der Waals surface area contributed by atoms with E-state index >= 15 is 0 Å². The van der Waals surface area contributed by atoms with Gasteiger partial charge in [-0.2, -0.15) is 5.26 Å². The van der Waals surface area contributed by atoms with Gasteiger partial charge in [0.1, 0.15) is 0 Å². The summed E-state index contributed by atoms with van der Waals surface area (Å²) in [7, 11) is -1.32. The minimum atomic E-state index is -1.32.